The number of benzene rings is 2. The Hall–Kier alpha value is -2.60. The summed E-state index contributed by atoms with van der Waals surface area (Å²) < 4.78 is 11.1. The van der Waals surface area contributed by atoms with Gasteiger partial charge in [-0.05, 0) is 74.1 Å². The van der Waals surface area contributed by atoms with Crippen molar-refractivity contribution < 1.29 is 14.3 Å². The van der Waals surface area contributed by atoms with E-state index < -0.39 is 0 Å². The zero-order valence-electron chi connectivity index (χ0n) is 16.5. The van der Waals surface area contributed by atoms with Crippen LogP contribution in [0.25, 0.3) is 0 Å². The fourth-order valence-electron chi connectivity index (χ4n) is 2.56. The second-order valence-electron chi connectivity index (χ2n) is 6.30. The van der Waals surface area contributed by atoms with E-state index in [4.69, 9.17) is 21.7 Å². The number of anilines is 1. The van der Waals surface area contributed by atoms with Crippen LogP contribution in [0.5, 0.6) is 11.5 Å². The highest BCUT2D eigenvalue weighted by Gasteiger charge is 2.08. The number of carbonyl (C=O) groups is 1. The molecule has 2 aromatic rings. The molecule has 0 fully saturated rings. The molecule has 2 rings (SSSR count). The summed E-state index contributed by atoms with van der Waals surface area (Å²) in [5, 5.41) is 5.92. The van der Waals surface area contributed by atoms with Crippen LogP contribution in [-0.2, 0) is 0 Å². The van der Waals surface area contributed by atoms with Crippen molar-refractivity contribution in [2.45, 2.75) is 39.5 Å². The molecule has 6 heteroatoms. The van der Waals surface area contributed by atoms with E-state index in [1.807, 2.05) is 31.2 Å². The van der Waals surface area contributed by atoms with Crippen LogP contribution in [0.1, 0.15) is 49.9 Å². The van der Waals surface area contributed by atoms with Crippen molar-refractivity contribution in [2.24, 2.45) is 0 Å². The largest absolute Gasteiger partial charge is 0.494 e. The Labute approximate surface area is 172 Å². The maximum absolute atomic E-state index is 12.3. The van der Waals surface area contributed by atoms with Gasteiger partial charge in [0, 0.05) is 11.3 Å². The predicted octanol–water partition coefficient (Wildman–Crippen LogP) is 5.17. The van der Waals surface area contributed by atoms with Crippen LogP contribution >= 0.6 is 12.2 Å². The normalized spacial score (nSPS) is 10.2. The molecular formula is C22H28N2O3S. The molecule has 0 atom stereocenters. The average Bonchev–Trinajstić information content (AvgIpc) is 2.70. The Kier molecular flexibility index (Phi) is 9.28. The highest BCUT2D eigenvalue weighted by atomic mass is 32.1. The Balaban J connectivity index is 1.78. The van der Waals surface area contributed by atoms with Crippen molar-refractivity contribution in [3.63, 3.8) is 0 Å². The minimum absolute atomic E-state index is 0.243. The summed E-state index contributed by atoms with van der Waals surface area (Å²) in [6.07, 6.45) is 4.72. The Morgan fingerprint density at radius 3 is 2.18 bits per heavy atom. The minimum Gasteiger partial charge on any atom is -0.494 e. The topological polar surface area (TPSA) is 59.6 Å². The van der Waals surface area contributed by atoms with E-state index in [-0.39, 0.29) is 11.0 Å². The van der Waals surface area contributed by atoms with Gasteiger partial charge < -0.3 is 14.8 Å². The van der Waals surface area contributed by atoms with Crippen molar-refractivity contribution in [3.8, 4) is 11.5 Å². The maximum Gasteiger partial charge on any atom is 0.257 e. The summed E-state index contributed by atoms with van der Waals surface area (Å²) in [5.41, 5.74) is 1.30. The SMILES string of the molecule is CCCCCCOc1ccc(NC(=S)NC(=O)c2ccc(OCC)cc2)cc1. The van der Waals surface area contributed by atoms with E-state index in [1.165, 1.54) is 19.3 Å². The van der Waals surface area contributed by atoms with Gasteiger partial charge >= 0.3 is 0 Å². The summed E-state index contributed by atoms with van der Waals surface area (Å²) in [7, 11) is 0. The molecule has 0 aromatic heterocycles. The molecule has 0 aliphatic rings. The van der Waals surface area contributed by atoms with Crippen molar-refractivity contribution in [1.29, 1.82) is 0 Å². The lowest BCUT2D eigenvalue weighted by Gasteiger charge is -2.11. The molecule has 28 heavy (non-hydrogen) atoms. The molecule has 0 aliphatic carbocycles. The molecule has 0 unspecified atom stereocenters. The third-order valence-electron chi connectivity index (χ3n) is 4.03. The summed E-state index contributed by atoms with van der Waals surface area (Å²) in [4.78, 5) is 12.3. The molecule has 0 heterocycles. The quantitative estimate of drug-likeness (QED) is 0.425. The van der Waals surface area contributed by atoms with Crippen LogP contribution in [-0.4, -0.2) is 24.2 Å². The fourth-order valence-corrected chi connectivity index (χ4v) is 2.77. The number of hydrogen-bond donors (Lipinski definition) is 2. The van der Waals surface area contributed by atoms with E-state index in [9.17, 15) is 4.79 Å². The van der Waals surface area contributed by atoms with E-state index in [0.29, 0.717) is 12.2 Å². The molecule has 0 aliphatic heterocycles. The number of amides is 1. The molecule has 2 N–H and O–H groups in total. The fraction of sp³-hybridized carbons (Fsp3) is 0.364. The van der Waals surface area contributed by atoms with E-state index in [1.54, 1.807) is 24.3 Å². The summed E-state index contributed by atoms with van der Waals surface area (Å²) >= 11 is 5.22. The van der Waals surface area contributed by atoms with Gasteiger partial charge in [-0.2, -0.15) is 0 Å². The Morgan fingerprint density at radius 2 is 1.54 bits per heavy atom. The monoisotopic (exact) mass is 400 g/mol. The van der Waals surface area contributed by atoms with Crippen molar-refractivity contribution in [1.82, 2.24) is 5.32 Å². The highest BCUT2D eigenvalue weighted by molar-refractivity contribution is 7.80. The lowest BCUT2D eigenvalue weighted by Crippen LogP contribution is -2.34. The first-order valence-corrected chi connectivity index (χ1v) is 10.1. The van der Waals surface area contributed by atoms with Gasteiger partial charge in [-0.1, -0.05) is 26.2 Å². The molecule has 1 amide bonds. The van der Waals surface area contributed by atoms with E-state index in [0.717, 1.165) is 30.2 Å². The first-order valence-electron chi connectivity index (χ1n) is 9.70. The van der Waals surface area contributed by atoms with Crippen LogP contribution < -0.4 is 20.1 Å². The van der Waals surface area contributed by atoms with Crippen LogP contribution in [0, 0.1) is 0 Å². The third kappa shape index (κ3) is 7.56. The highest BCUT2D eigenvalue weighted by Crippen LogP contribution is 2.16. The lowest BCUT2D eigenvalue weighted by molar-refractivity contribution is 0.0977. The molecule has 0 bridgehead atoms. The number of ether oxygens (including phenoxy) is 2. The zero-order chi connectivity index (χ0) is 20.2. The molecule has 0 radical (unpaired) electrons. The van der Waals surface area contributed by atoms with Gasteiger partial charge in [0.1, 0.15) is 11.5 Å². The van der Waals surface area contributed by atoms with Crippen LogP contribution in [0.4, 0.5) is 5.69 Å². The van der Waals surface area contributed by atoms with Crippen LogP contribution in [0.2, 0.25) is 0 Å². The van der Waals surface area contributed by atoms with Crippen LogP contribution in [0.3, 0.4) is 0 Å². The molecule has 0 saturated carbocycles. The lowest BCUT2D eigenvalue weighted by atomic mass is 10.2. The van der Waals surface area contributed by atoms with Gasteiger partial charge in [-0.15, -0.1) is 0 Å². The number of thiocarbonyl (C=S) groups is 1. The molecule has 2 aromatic carbocycles. The Morgan fingerprint density at radius 1 is 0.893 bits per heavy atom. The predicted molar refractivity (Wildman–Crippen MR) is 117 cm³/mol. The standard InChI is InChI=1S/C22H28N2O3S/c1-3-5-6-7-16-27-20-14-10-18(11-15-20)23-22(28)24-21(25)17-8-12-19(13-9-17)26-4-2/h8-15H,3-7,16H2,1-2H3,(H2,23,24,25,28). The van der Waals surface area contributed by atoms with Gasteiger partial charge in [0.25, 0.3) is 5.91 Å². The number of carbonyl (C=O) groups excluding carboxylic acids is 1. The van der Waals surface area contributed by atoms with Gasteiger partial charge in [-0.25, -0.2) is 0 Å². The van der Waals surface area contributed by atoms with Gasteiger partial charge in [0.2, 0.25) is 0 Å². The average molecular weight is 401 g/mol. The minimum atomic E-state index is -0.271. The van der Waals surface area contributed by atoms with Crippen molar-refractivity contribution in [2.75, 3.05) is 18.5 Å². The van der Waals surface area contributed by atoms with Gasteiger partial charge in [0.05, 0.1) is 13.2 Å². The number of unbranched alkanes of at least 4 members (excludes halogenated alkanes) is 3. The van der Waals surface area contributed by atoms with Crippen molar-refractivity contribution in [3.05, 3.63) is 54.1 Å². The zero-order valence-corrected chi connectivity index (χ0v) is 17.3. The van der Waals surface area contributed by atoms with E-state index in [2.05, 4.69) is 17.6 Å². The molecule has 150 valence electrons. The van der Waals surface area contributed by atoms with E-state index >= 15 is 0 Å². The van der Waals surface area contributed by atoms with Crippen LogP contribution in [0.15, 0.2) is 48.5 Å². The molecule has 0 spiro atoms. The second kappa shape index (κ2) is 12.0. The van der Waals surface area contributed by atoms with Gasteiger partial charge in [-0.3, -0.25) is 10.1 Å². The number of hydrogen-bond acceptors (Lipinski definition) is 4. The van der Waals surface area contributed by atoms with Gasteiger partial charge in [0.15, 0.2) is 5.11 Å². The first kappa shape index (κ1) is 21.7. The second-order valence-corrected chi connectivity index (χ2v) is 6.71. The maximum atomic E-state index is 12.3. The third-order valence-corrected chi connectivity index (χ3v) is 4.24. The number of nitrogens with one attached hydrogen (secondary N) is 2. The smallest absolute Gasteiger partial charge is 0.257 e. The first-order chi connectivity index (χ1) is 13.6. The summed E-state index contributed by atoms with van der Waals surface area (Å²) in [5.74, 6) is 1.28. The molecule has 0 saturated heterocycles. The molecule has 5 nitrogen and oxygen atoms in total. The summed E-state index contributed by atoms with van der Waals surface area (Å²) in [6, 6.07) is 14.4. The Bertz CT molecular complexity index is 745. The molecular weight excluding hydrogens is 372 g/mol. The number of rotatable bonds is 10. The van der Waals surface area contributed by atoms with Crippen molar-refractivity contribution >= 4 is 28.9 Å². The summed E-state index contributed by atoms with van der Waals surface area (Å²) in [6.45, 7) is 5.42.